The van der Waals surface area contributed by atoms with E-state index >= 15 is 0 Å². The van der Waals surface area contributed by atoms with Gasteiger partial charge in [-0.1, -0.05) is 36.5 Å². The third kappa shape index (κ3) is 6.09. The fourth-order valence-corrected chi connectivity index (χ4v) is 5.39. The minimum atomic E-state index is -0.741. The van der Waals surface area contributed by atoms with Crippen molar-refractivity contribution in [1.82, 2.24) is 4.57 Å². The predicted octanol–water partition coefficient (Wildman–Crippen LogP) is 4.38. The normalized spacial score (nSPS) is 15.2. The number of carbonyl (C=O) groups is 1. The number of ether oxygens (including phenoxy) is 4. The quantitative estimate of drug-likeness (QED) is 0.348. The third-order valence-corrected chi connectivity index (χ3v) is 7.02. The van der Waals surface area contributed by atoms with Gasteiger partial charge >= 0.3 is 5.97 Å². The molecule has 0 spiro atoms. The fourth-order valence-electron chi connectivity index (χ4n) is 4.34. The molecule has 0 radical (unpaired) electrons. The first-order chi connectivity index (χ1) is 18.8. The molecule has 2 aromatic carbocycles. The average Bonchev–Trinajstić information content (AvgIpc) is 3.21. The molecule has 0 saturated heterocycles. The van der Waals surface area contributed by atoms with Crippen LogP contribution in [0.1, 0.15) is 58.2 Å². The number of rotatable bonds is 10. The first-order valence-electron chi connectivity index (χ1n) is 13.0. The van der Waals surface area contributed by atoms with E-state index in [-0.39, 0.29) is 18.3 Å². The van der Waals surface area contributed by atoms with Crippen LogP contribution in [0.3, 0.4) is 0 Å². The van der Waals surface area contributed by atoms with Crippen molar-refractivity contribution in [1.29, 1.82) is 0 Å². The number of esters is 1. The molecule has 0 aliphatic carbocycles. The molecule has 1 aliphatic rings. The van der Waals surface area contributed by atoms with E-state index in [1.807, 2.05) is 50.3 Å². The molecule has 0 N–H and O–H groups in total. The van der Waals surface area contributed by atoms with Gasteiger partial charge in [-0.05, 0) is 75.6 Å². The highest BCUT2D eigenvalue weighted by molar-refractivity contribution is 7.07. The Morgan fingerprint density at radius 3 is 2.51 bits per heavy atom. The largest absolute Gasteiger partial charge is 0.494 e. The summed E-state index contributed by atoms with van der Waals surface area (Å²) in [5.74, 6) is 1.35. The lowest BCUT2D eigenvalue weighted by atomic mass is 9.95. The van der Waals surface area contributed by atoms with Gasteiger partial charge in [0.25, 0.3) is 5.56 Å². The Balaban J connectivity index is 1.86. The fraction of sp³-hybridized carbons (Fsp3) is 0.367. The average molecular weight is 551 g/mol. The van der Waals surface area contributed by atoms with Gasteiger partial charge in [0.05, 0.1) is 48.3 Å². The Morgan fingerprint density at radius 1 is 1.13 bits per heavy atom. The van der Waals surface area contributed by atoms with E-state index in [4.69, 9.17) is 18.9 Å². The lowest BCUT2D eigenvalue weighted by Gasteiger charge is -2.25. The summed E-state index contributed by atoms with van der Waals surface area (Å²) in [4.78, 5) is 32.1. The van der Waals surface area contributed by atoms with Crippen LogP contribution >= 0.6 is 11.3 Å². The molecule has 0 unspecified atom stereocenters. The highest BCUT2D eigenvalue weighted by Gasteiger charge is 2.34. The Hall–Kier alpha value is -3.85. The van der Waals surface area contributed by atoms with Crippen molar-refractivity contribution in [2.75, 3.05) is 20.3 Å². The minimum absolute atomic E-state index is 0.0491. The van der Waals surface area contributed by atoms with E-state index in [0.717, 1.165) is 17.7 Å². The second kappa shape index (κ2) is 12.3. The van der Waals surface area contributed by atoms with Crippen LogP contribution in [0.2, 0.25) is 0 Å². The van der Waals surface area contributed by atoms with Gasteiger partial charge in [0.15, 0.2) is 16.3 Å². The summed E-state index contributed by atoms with van der Waals surface area (Å²) in [6.45, 7) is 10.3. The lowest BCUT2D eigenvalue weighted by Crippen LogP contribution is -2.40. The zero-order valence-electron chi connectivity index (χ0n) is 23.1. The first-order valence-corrected chi connectivity index (χ1v) is 13.9. The molecule has 1 atom stereocenters. The Labute approximate surface area is 231 Å². The second-order valence-electron chi connectivity index (χ2n) is 9.30. The van der Waals surface area contributed by atoms with Crippen LogP contribution in [0.5, 0.6) is 17.2 Å². The van der Waals surface area contributed by atoms with Crippen LogP contribution in [-0.4, -0.2) is 37.0 Å². The van der Waals surface area contributed by atoms with Gasteiger partial charge in [-0.2, -0.15) is 0 Å². The van der Waals surface area contributed by atoms with Gasteiger partial charge in [0.1, 0.15) is 5.75 Å². The van der Waals surface area contributed by atoms with Crippen LogP contribution in [0.15, 0.2) is 63.5 Å². The number of methoxy groups -OCH3 is 1. The number of benzene rings is 2. The molecule has 4 rings (SSSR count). The number of carbonyl (C=O) groups excluding carboxylic acids is 1. The molecule has 0 bridgehead atoms. The van der Waals surface area contributed by atoms with Crippen LogP contribution in [0.4, 0.5) is 0 Å². The maximum absolute atomic E-state index is 13.8. The Kier molecular flexibility index (Phi) is 8.91. The summed E-state index contributed by atoms with van der Waals surface area (Å²) in [5, 5.41) is 0. The summed E-state index contributed by atoms with van der Waals surface area (Å²) in [6, 6.07) is 12.3. The van der Waals surface area contributed by atoms with Gasteiger partial charge in [-0.3, -0.25) is 9.36 Å². The van der Waals surface area contributed by atoms with Crippen molar-refractivity contribution in [3.8, 4) is 17.2 Å². The second-order valence-corrected chi connectivity index (χ2v) is 10.3. The Morgan fingerprint density at radius 2 is 1.87 bits per heavy atom. The van der Waals surface area contributed by atoms with Gasteiger partial charge < -0.3 is 18.9 Å². The summed E-state index contributed by atoms with van der Waals surface area (Å²) in [5.41, 5.74) is 2.12. The van der Waals surface area contributed by atoms with E-state index in [0.29, 0.717) is 44.3 Å². The first kappa shape index (κ1) is 28.2. The summed E-state index contributed by atoms with van der Waals surface area (Å²) in [6.07, 6.45) is 2.71. The summed E-state index contributed by atoms with van der Waals surface area (Å²) < 4.78 is 24.6. The molecular formula is C30H34N2O6S. The van der Waals surface area contributed by atoms with Crippen LogP contribution in [0, 0.1) is 0 Å². The maximum atomic E-state index is 13.8. The van der Waals surface area contributed by atoms with E-state index in [1.165, 1.54) is 11.3 Å². The number of allylic oxidation sites excluding steroid dienone is 1. The number of hydrogen-bond acceptors (Lipinski definition) is 8. The van der Waals surface area contributed by atoms with Crippen molar-refractivity contribution >= 4 is 23.4 Å². The minimum Gasteiger partial charge on any atom is -0.494 e. The highest BCUT2D eigenvalue weighted by Crippen LogP contribution is 2.36. The smallest absolute Gasteiger partial charge is 0.338 e. The van der Waals surface area contributed by atoms with Crippen molar-refractivity contribution in [2.45, 2.75) is 53.2 Å². The Bertz CT molecular complexity index is 1550. The third-order valence-electron chi connectivity index (χ3n) is 6.03. The van der Waals surface area contributed by atoms with Crippen LogP contribution in [-0.2, 0) is 9.53 Å². The maximum Gasteiger partial charge on any atom is 0.338 e. The van der Waals surface area contributed by atoms with Gasteiger partial charge in [0, 0.05) is 0 Å². The van der Waals surface area contributed by atoms with Crippen molar-refractivity contribution < 1.29 is 23.7 Å². The molecular weight excluding hydrogens is 516 g/mol. The topological polar surface area (TPSA) is 88.3 Å². The molecule has 8 nitrogen and oxygen atoms in total. The molecule has 1 aliphatic heterocycles. The number of thiazole rings is 1. The molecule has 1 aromatic heterocycles. The number of hydrogen-bond donors (Lipinski definition) is 0. The SMILES string of the molecule is CCCOc1ccc(/C=c2\sc3n(c2=O)[C@@H](c2ccc(OC(C)C)c(OC)c2)C(C(=O)OCC)=C(C)N=3)cc1. The van der Waals surface area contributed by atoms with Crippen molar-refractivity contribution in [2.24, 2.45) is 4.99 Å². The van der Waals surface area contributed by atoms with Crippen LogP contribution in [0.25, 0.3) is 6.08 Å². The lowest BCUT2D eigenvalue weighted by molar-refractivity contribution is -0.139. The molecule has 39 heavy (non-hydrogen) atoms. The van der Waals surface area contributed by atoms with Crippen molar-refractivity contribution in [3.63, 3.8) is 0 Å². The van der Waals surface area contributed by atoms with Crippen molar-refractivity contribution in [3.05, 3.63) is 84.5 Å². The van der Waals surface area contributed by atoms with Gasteiger partial charge in [-0.25, -0.2) is 9.79 Å². The molecule has 2 heterocycles. The zero-order valence-corrected chi connectivity index (χ0v) is 24.0. The van der Waals surface area contributed by atoms with E-state index in [2.05, 4.69) is 11.9 Å². The molecule has 3 aromatic rings. The van der Waals surface area contributed by atoms with E-state index < -0.39 is 12.0 Å². The summed E-state index contributed by atoms with van der Waals surface area (Å²) in [7, 11) is 1.56. The standard InChI is InChI=1S/C30H34N2O6S/c1-7-15-37-22-12-9-20(10-13-22)16-25-28(33)32-27(21-11-14-23(38-18(3)4)24(17-21)35-6)26(29(34)36-8-2)19(5)31-30(32)39-25/h9-14,16-18,27H,7-8,15H2,1-6H3/b25-16-/t27-/m0/s1. The predicted molar refractivity (Wildman–Crippen MR) is 151 cm³/mol. The molecule has 0 saturated carbocycles. The number of nitrogens with zero attached hydrogens (tertiary/aromatic N) is 2. The van der Waals surface area contributed by atoms with Gasteiger partial charge in [-0.15, -0.1) is 0 Å². The van der Waals surface area contributed by atoms with E-state index in [1.54, 1.807) is 37.7 Å². The summed E-state index contributed by atoms with van der Waals surface area (Å²) >= 11 is 1.28. The van der Waals surface area contributed by atoms with Crippen LogP contribution < -0.4 is 29.1 Å². The molecule has 0 fully saturated rings. The monoisotopic (exact) mass is 550 g/mol. The highest BCUT2D eigenvalue weighted by atomic mass is 32.1. The molecule has 9 heteroatoms. The number of fused-ring (bicyclic) bond motifs is 1. The molecule has 0 amide bonds. The molecule has 206 valence electrons. The van der Waals surface area contributed by atoms with E-state index in [9.17, 15) is 9.59 Å². The van der Waals surface area contributed by atoms with Gasteiger partial charge in [0.2, 0.25) is 0 Å². The number of aromatic nitrogens is 1. The zero-order chi connectivity index (χ0) is 28.1.